The number of hydrogen-bond donors (Lipinski definition) is 1. The molecule has 0 saturated carbocycles. The molecule has 5 nitrogen and oxygen atoms in total. The first-order chi connectivity index (χ1) is 12.8. The Morgan fingerprint density at radius 2 is 1.63 bits per heavy atom. The Hall–Kier alpha value is -2.83. The molecule has 0 aliphatic carbocycles. The number of ether oxygens (including phenoxy) is 1. The highest BCUT2D eigenvalue weighted by molar-refractivity contribution is 7.90. The molecule has 0 spiro atoms. The summed E-state index contributed by atoms with van der Waals surface area (Å²) in [5.74, 6) is 0.625. The molecular formula is C20H16ClNO4S. The minimum atomic E-state index is -3.55. The van der Waals surface area contributed by atoms with Crippen LogP contribution in [0.25, 0.3) is 0 Å². The molecule has 138 valence electrons. The van der Waals surface area contributed by atoms with Gasteiger partial charge in [-0.15, -0.1) is 0 Å². The van der Waals surface area contributed by atoms with Crippen LogP contribution in [-0.4, -0.2) is 20.6 Å². The van der Waals surface area contributed by atoms with Crippen LogP contribution in [0.5, 0.6) is 11.5 Å². The third kappa shape index (κ3) is 4.67. The van der Waals surface area contributed by atoms with Crippen LogP contribution in [0.4, 0.5) is 5.69 Å². The normalized spacial score (nSPS) is 11.0. The monoisotopic (exact) mass is 401 g/mol. The number of nitrogens with one attached hydrogen (secondary N) is 1. The Labute approximate surface area is 162 Å². The Kier molecular flexibility index (Phi) is 5.48. The van der Waals surface area contributed by atoms with Gasteiger partial charge in [-0.05, 0) is 42.5 Å². The highest BCUT2D eigenvalue weighted by atomic mass is 35.5. The zero-order valence-corrected chi connectivity index (χ0v) is 15.9. The highest BCUT2D eigenvalue weighted by Crippen LogP contribution is 2.30. The average Bonchev–Trinajstić information content (AvgIpc) is 2.63. The van der Waals surface area contributed by atoms with E-state index in [1.165, 1.54) is 18.2 Å². The van der Waals surface area contributed by atoms with Crippen molar-refractivity contribution in [2.75, 3.05) is 11.6 Å². The Morgan fingerprint density at radius 3 is 2.33 bits per heavy atom. The maximum Gasteiger partial charge on any atom is 0.255 e. The van der Waals surface area contributed by atoms with Crippen LogP contribution >= 0.6 is 11.6 Å². The summed E-state index contributed by atoms with van der Waals surface area (Å²) in [6.07, 6.45) is 1.04. The van der Waals surface area contributed by atoms with Crippen molar-refractivity contribution in [3.63, 3.8) is 0 Å². The number of halogens is 1. The molecule has 0 radical (unpaired) electrons. The van der Waals surface area contributed by atoms with Gasteiger partial charge in [-0.2, -0.15) is 0 Å². The summed E-state index contributed by atoms with van der Waals surface area (Å²) in [6, 6.07) is 20.3. The highest BCUT2D eigenvalue weighted by Gasteiger charge is 2.17. The van der Waals surface area contributed by atoms with Gasteiger partial charge in [0.2, 0.25) is 0 Å². The third-order valence-electron chi connectivity index (χ3n) is 3.70. The number of benzene rings is 3. The number of para-hydroxylation sites is 3. The molecule has 1 amide bonds. The molecule has 27 heavy (non-hydrogen) atoms. The number of rotatable bonds is 5. The molecular weight excluding hydrogens is 386 g/mol. The van der Waals surface area contributed by atoms with Gasteiger partial charge in [0.05, 0.1) is 15.6 Å². The van der Waals surface area contributed by atoms with Gasteiger partial charge in [0.1, 0.15) is 5.75 Å². The van der Waals surface area contributed by atoms with E-state index in [1.807, 2.05) is 18.2 Å². The third-order valence-corrected chi connectivity index (χ3v) is 5.28. The van der Waals surface area contributed by atoms with Crippen LogP contribution in [-0.2, 0) is 9.84 Å². The lowest BCUT2D eigenvalue weighted by molar-refractivity contribution is 0.102. The van der Waals surface area contributed by atoms with E-state index in [1.54, 1.807) is 36.4 Å². The maximum absolute atomic E-state index is 12.6. The molecule has 0 atom stereocenters. The van der Waals surface area contributed by atoms with Crippen molar-refractivity contribution in [2.24, 2.45) is 0 Å². The number of hydrogen-bond acceptors (Lipinski definition) is 4. The Balaban J connectivity index is 1.87. The summed E-state index contributed by atoms with van der Waals surface area (Å²) in [4.78, 5) is 12.5. The van der Waals surface area contributed by atoms with Gasteiger partial charge in [-0.25, -0.2) is 8.42 Å². The van der Waals surface area contributed by atoms with Crippen LogP contribution in [0.2, 0.25) is 5.02 Å². The molecule has 1 N–H and O–H groups in total. The van der Waals surface area contributed by atoms with Crippen molar-refractivity contribution in [3.05, 3.63) is 83.4 Å². The summed E-state index contributed by atoms with van der Waals surface area (Å²) in [7, 11) is -3.55. The van der Waals surface area contributed by atoms with Gasteiger partial charge >= 0.3 is 0 Å². The summed E-state index contributed by atoms with van der Waals surface area (Å²) < 4.78 is 29.4. The van der Waals surface area contributed by atoms with Crippen molar-refractivity contribution in [1.29, 1.82) is 0 Å². The number of anilines is 1. The second-order valence-corrected chi connectivity index (χ2v) is 8.17. The zero-order valence-electron chi connectivity index (χ0n) is 14.3. The summed E-state index contributed by atoms with van der Waals surface area (Å²) >= 11 is 5.93. The molecule has 0 aliphatic heterocycles. The predicted molar refractivity (Wildman–Crippen MR) is 105 cm³/mol. The predicted octanol–water partition coefficient (Wildman–Crippen LogP) is 4.79. The van der Waals surface area contributed by atoms with Crippen LogP contribution in [0.3, 0.4) is 0 Å². The van der Waals surface area contributed by atoms with Crippen LogP contribution in [0.1, 0.15) is 10.4 Å². The Bertz CT molecular complexity index is 1080. The van der Waals surface area contributed by atoms with Crippen molar-refractivity contribution in [2.45, 2.75) is 4.90 Å². The smallest absolute Gasteiger partial charge is 0.255 e. The van der Waals surface area contributed by atoms with E-state index in [-0.39, 0.29) is 15.5 Å². The first-order valence-corrected chi connectivity index (χ1v) is 10.2. The standard InChI is InChI=1S/C20H16ClNO4S/c1-27(24,25)19-13-14(11-12-16(19)21)20(23)22-17-9-5-6-10-18(17)26-15-7-3-2-4-8-15/h2-13H,1H3,(H,22,23). The van der Waals surface area contributed by atoms with Gasteiger partial charge in [-0.3, -0.25) is 4.79 Å². The first kappa shape index (κ1) is 18.9. The molecule has 0 heterocycles. The molecule has 0 fully saturated rings. The lowest BCUT2D eigenvalue weighted by atomic mass is 10.2. The van der Waals surface area contributed by atoms with E-state index >= 15 is 0 Å². The average molecular weight is 402 g/mol. The lowest BCUT2D eigenvalue weighted by Crippen LogP contribution is -2.13. The van der Waals surface area contributed by atoms with Gasteiger partial charge in [-0.1, -0.05) is 41.9 Å². The number of carbonyl (C=O) groups is 1. The van der Waals surface area contributed by atoms with Gasteiger partial charge in [0, 0.05) is 11.8 Å². The van der Waals surface area contributed by atoms with Gasteiger partial charge < -0.3 is 10.1 Å². The minimum absolute atomic E-state index is 0.0712. The fraction of sp³-hybridized carbons (Fsp3) is 0.0500. The van der Waals surface area contributed by atoms with E-state index < -0.39 is 15.7 Å². The molecule has 0 bridgehead atoms. The molecule has 3 rings (SSSR count). The zero-order chi connectivity index (χ0) is 19.4. The molecule has 7 heteroatoms. The number of sulfone groups is 1. The fourth-order valence-electron chi connectivity index (χ4n) is 2.40. The van der Waals surface area contributed by atoms with Crippen LogP contribution < -0.4 is 10.1 Å². The second kappa shape index (κ2) is 7.82. The second-order valence-electron chi connectivity index (χ2n) is 5.78. The molecule has 0 saturated heterocycles. The fourth-order valence-corrected chi connectivity index (χ4v) is 3.70. The Morgan fingerprint density at radius 1 is 0.963 bits per heavy atom. The molecule has 0 aliphatic rings. The molecule has 0 unspecified atom stereocenters. The van der Waals surface area contributed by atoms with E-state index in [2.05, 4.69) is 5.32 Å². The summed E-state index contributed by atoms with van der Waals surface area (Å²) in [5, 5.41) is 2.81. The van der Waals surface area contributed by atoms with E-state index in [0.29, 0.717) is 17.2 Å². The summed E-state index contributed by atoms with van der Waals surface area (Å²) in [5.41, 5.74) is 0.636. The van der Waals surface area contributed by atoms with Gasteiger partial charge in [0.25, 0.3) is 5.91 Å². The summed E-state index contributed by atoms with van der Waals surface area (Å²) in [6.45, 7) is 0. The van der Waals surface area contributed by atoms with E-state index in [4.69, 9.17) is 16.3 Å². The minimum Gasteiger partial charge on any atom is -0.455 e. The van der Waals surface area contributed by atoms with Crippen molar-refractivity contribution in [1.82, 2.24) is 0 Å². The van der Waals surface area contributed by atoms with E-state index in [0.717, 1.165) is 6.26 Å². The topological polar surface area (TPSA) is 72.5 Å². The lowest BCUT2D eigenvalue weighted by Gasteiger charge is -2.13. The van der Waals surface area contributed by atoms with Crippen molar-refractivity contribution >= 4 is 33.0 Å². The largest absolute Gasteiger partial charge is 0.455 e. The van der Waals surface area contributed by atoms with Crippen molar-refractivity contribution < 1.29 is 17.9 Å². The number of carbonyl (C=O) groups excluding carboxylic acids is 1. The van der Waals surface area contributed by atoms with Crippen LogP contribution in [0.15, 0.2) is 77.7 Å². The maximum atomic E-state index is 12.6. The SMILES string of the molecule is CS(=O)(=O)c1cc(C(=O)Nc2ccccc2Oc2ccccc2)ccc1Cl. The molecule has 0 aromatic heterocycles. The number of amides is 1. The molecule has 3 aromatic carbocycles. The molecule has 3 aromatic rings. The first-order valence-electron chi connectivity index (χ1n) is 7.97. The quantitative estimate of drug-likeness (QED) is 0.667. The van der Waals surface area contributed by atoms with Crippen LogP contribution in [0, 0.1) is 0 Å². The van der Waals surface area contributed by atoms with Gasteiger partial charge in [0.15, 0.2) is 15.6 Å². The van der Waals surface area contributed by atoms with Crippen molar-refractivity contribution in [3.8, 4) is 11.5 Å². The van der Waals surface area contributed by atoms with E-state index in [9.17, 15) is 13.2 Å².